The molecule has 0 aliphatic carbocycles. The number of rotatable bonds is 6. The molecule has 5 rings (SSSR count). The Hall–Kier alpha value is -3.75. The van der Waals surface area contributed by atoms with E-state index in [2.05, 4.69) is 10.1 Å². The summed E-state index contributed by atoms with van der Waals surface area (Å²) < 4.78 is 31.2. The highest BCUT2D eigenvalue weighted by molar-refractivity contribution is 7.90. The lowest BCUT2D eigenvalue weighted by molar-refractivity contribution is 0.424. The average Bonchev–Trinajstić information content (AvgIpc) is 3.46. The van der Waals surface area contributed by atoms with Crippen molar-refractivity contribution in [2.75, 3.05) is 6.26 Å². The number of halogens is 1. The molecule has 9 heteroatoms. The molecule has 35 heavy (non-hydrogen) atoms. The zero-order valence-electron chi connectivity index (χ0n) is 19.0. The average molecular weight is 505 g/mol. The molecular formula is C26H21ClN4O3S. The summed E-state index contributed by atoms with van der Waals surface area (Å²) in [7, 11) is -3.29. The van der Waals surface area contributed by atoms with Gasteiger partial charge in [0, 0.05) is 29.6 Å². The normalized spacial score (nSPS) is 11.6. The molecule has 0 aliphatic rings. The lowest BCUT2D eigenvalue weighted by atomic mass is 10.1. The summed E-state index contributed by atoms with van der Waals surface area (Å²) in [4.78, 5) is 9.36. The first-order valence-corrected chi connectivity index (χ1v) is 13.1. The van der Waals surface area contributed by atoms with Crippen LogP contribution in [0.4, 0.5) is 0 Å². The van der Waals surface area contributed by atoms with Crippen LogP contribution in [0.15, 0.2) is 88.4 Å². The molecule has 5 aromatic rings. The third-order valence-electron chi connectivity index (χ3n) is 5.57. The van der Waals surface area contributed by atoms with Crippen LogP contribution in [0.5, 0.6) is 0 Å². The van der Waals surface area contributed by atoms with Crippen molar-refractivity contribution in [3.8, 4) is 28.4 Å². The molecule has 2 heterocycles. The van der Waals surface area contributed by atoms with Crippen LogP contribution < -0.4 is 0 Å². The molecule has 0 spiro atoms. The summed E-state index contributed by atoms with van der Waals surface area (Å²) in [5, 5.41) is 4.54. The fraction of sp³-hybridized carbons (Fsp3) is 0.115. The maximum Gasteiger partial charge on any atom is 0.278 e. The predicted molar refractivity (Wildman–Crippen MR) is 134 cm³/mol. The molecule has 0 atom stereocenters. The lowest BCUT2D eigenvalue weighted by Gasteiger charge is -2.10. The van der Waals surface area contributed by atoms with Crippen LogP contribution in [0.3, 0.4) is 0 Å². The molecule has 0 unspecified atom stereocenters. The smallest absolute Gasteiger partial charge is 0.278 e. The van der Waals surface area contributed by atoms with Crippen LogP contribution in [0.2, 0.25) is 5.02 Å². The molecule has 0 aliphatic heterocycles. The zero-order valence-corrected chi connectivity index (χ0v) is 20.6. The molecule has 2 aromatic heterocycles. The standard InChI is InChI=1S/C26H21ClN4O3S/c1-17-28-26(34-30-17)24-16-31(25(29-24)15-20-6-3-4-9-23(20)27)21-12-10-18(11-13-21)19-7-5-8-22(14-19)35(2,32)33/h3-14,16H,15H2,1-2H3. The first-order valence-electron chi connectivity index (χ1n) is 10.8. The van der Waals surface area contributed by atoms with Gasteiger partial charge in [-0.15, -0.1) is 0 Å². The molecule has 0 radical (unpaired) electrons. The van der Waals surface area contributed by atoms with Crippen molar-refractivity contribution in [1.29, 1.82) is 0 Å². The number of sulfone groups is 1. The van der Waals surface area contributed by atoms with Gasteiger partial charge in [-0.2, -0.15) is 4.98 Å². The van der Waals surface area contributed by atoms with Crippen LogP contribution in [0.1, 0.15) is 17.2 Å². The second kappa shape index (κ2) is 9.13. The monoisotopic (exact) mass is 504 g/mol. The third-order valence-corrected chi connectivity index (χ3v) is 7.05. The van der Waals surface area contributed by atoms with Crippen molar-refractivity contribution < 1.29 is 12.9 Å². The number of nitrogens with zero attached hydrogens (tertiary/aromatic N) is 4. The Morgan fingerprint density at radius 2 is 1.71 bits per heavy atom. The molecule has 3 aromatic carbocycles. The van der Waals surface area contributed by atoms with E-state index in [0.29, 0.717) is 28.9 Å². The summed E-state index contributed by atoms with van der Waals surface area (Å²) >= 11 is 6.41. The van der Waals surface area contributed by atoms with E-state index >= 15 is 0 Å². The van der Waals surface area contributed by atoms with Gasteiger partial charge in [0.25, 0.3) is 5.89 Å². The Balaban J connectivity index is 1.54. The highest BCUT2D eigenvalue weighted by Gasteiger charge is 2.17. The van der Waals surface area contributed by atoms with E-state index in [4.69, 9.17) is 21.1 Å². The molecule has 0 saturated heterocycles. The number of aryl methyl sites for hydroxylation is 1. The Morgan fingerprint density at radius 3 is 2.40 bits per heavy atom. The maximum atomic E-state index is 12.0. The number of hydrogen-bond donors (Lipinski definition) is 0. The fourth-order valence-electron chi connectivity index (χ4n) is 3.80. The van der Waals surface area contributed by atoms with Gasteiger partial charge in [0.2, 0.25) is 0 Å². The van der Waals surface area contributed by atoms with E-state index in [1.54, 1.807) is 25.1 Å². The summed E-state index contributed by atoms with van der Waals surface area (Å²) in [5.41, 5.74) is 4.12. The Labute approximate surface area is 208 Å². The lowest BCUT2D eigenvalue weighted by Crippen LogP contribution is -2.02. The van der Waals surface area contributed by atoms with E-state index in [0.717, 1.165) is 28.2 Å². The van der Waals surface area contributed by atoms with Gasteiger partial charge in [-0.3, -0.25) is 0 Å². The van der Waals surface area contributed by atoms with Gasteiger partial charge >= 0.3 is 0 Å². The first kappa shape index (κ1) is 23.0. The van der Waals surface area contributed by atoms with Gasteiger partial charge in [0.1, 0.15) is 11.5 Å². The maximum absolute atomic E-state index is 12.0. The zero-order chi connectivity index (χ0) is 24.6. The van der Waals surface area contributed by atoms with Crippen molar-refractivity contribution >= 4 is 21.4 Å². The van der Waals surface area contributed by atoms with Crippen molar-refractivity contribution in [3.63, 3.8) is 0 Å². The Bertz CT molecular complexity index is 1620. The topological polar surface area (TPSA) is 90.9 Å². The van der Waals surface area contributed by atoms with Crippen molar-refractivity contribution in [3.05, 3.63) is 101 Å². The second-order valence-corrected chi connectivity index (χ2v) is 10.6. The minimum atomic E-state index is -3.29. The summed E-state index contributed by atoms with van der Waals surface area (Å²) in [6.07, 6.45) is 3.57. The van der Waals surface area contributed by atoms with Crippen LogP contribution in [0, 0.1) is 6.92 Å². The molecule has 0 bridgehead atoms. The highest BCUT2D eigenvalue weighted by atomic mass is 35.5. The summed E-state index contributed by atoms with van der Waals surface area (Å²) in [6, 6.07) is 22.4. The molecular weight excluding hydrogens is 484 g/mol. The first-order chi connectivity index (χ1) is 16.8. The molecule has 0 N–H and O–H groups in total. The Kier molecular flexibility index (Phi) is 6.00. The van der Waals surface area contributed by atoms with Gasteiger partial charge in [-0.25, -0.2) is 13.4 Å². The highest BCUT2D eigenvalue weighted by Crippen LogP contribution is 2.27. The Morgan fingerprint density at radius 1 is 0.943 bits per heavy atom. The van der Waals surface area contributed by atoms with Crippen molar-refractivity contribution in [1.82, 2.24) is 19.7 Å². The number of imidazole rings is 1. The third kappa shape index (κ3) is 4.89. The van der Waals surface area contributed by atoms with E-state index in [9.17, 15) is 8.42 Å². The van der Waals surface area contributed by atoms with E-state index in [1.807, 2.05) is 65.4 Å². The number of aromatic nitrogens is 4. The SMILES string of the molecule is Cc1noc(-c2cn(-c3ccc(-c4cccc(S(C)(=O)=O)c4)cc3)c(Cc3ccccc3Cl)n2)n1. The summed E-state index contributed by atoms with van der Waals surface area (Å²) in [6.45, 7) is 1.76. The molecule has 176 valence electrons. The van der Waals surface area contributed by atoms with Crippen molar-refractivity contribution in [2.24, 2.45) is 0 Å². The molecule has 0 amide bonds. The van der Waals surface area contributed by atoms with Gasteiger partial charge in [0.15, 0.2) is 15.7 Å². The van der Waals surface area contributed by atoms with Crippen LogP contribution in [0.25, 0.3) is 28.4 Å². The predicted octanol–water partition coefficient (Wildman–Crippen LogP) is 5.55. The van der Waals surface area contributed by atoms with Gasteiger partial charge in [-0.1, -0.05) is 59.2 Å². The molecule has 7 nitrogen and oxygen atoms in total. The molecule has 0 fully saturated rings. The van der Waals surface area contributed by atoms with E-state index < -0.39 is 9.84 Å². The van der Waals surface area contributed by atoms with E-state index in [1.165, 1.54) is 6.26 Å². The van der Waals surface area contributed by atoms with Crippen LogP contribution in [-0.2, 0) is 16.3 Å². The molecule has 0 saturated carbocycles. The quantitative estimate of drug-likeness (QED) is 0.301. The van der Waals surface area contributed by atoms with E-state index in [-0.39, 0.29) is 4.90 Å². The van der Waals surface area contributed by atoms with Crippen molar-refractivity contribution in [2.45, 2.75) is 18.2 Å². The fourth-order valence-corrected chi connectivity index (χ4v) is 4.67. The second-order valence-electron chi connectivity index (χ2n) is 8.17. The van der Waals surface area contributed by atoms with Crippen LogP contribution >= 0.6 is 11.6 Å². The summed E-state index contributed by atoms with van der Waals surface area (Å²) in [5.74, 6) is 1.63. The number of benzene rings is 3. The van der Waals surface area contributed by atoms with Gasteiger partial charge < -0.3 is 9.09 Å². The van der Waals surface area contributed by atoms with Crippen LogP contribution in [-0.4, -0.2) is 34.4 Å². The minimum Gasteiger partial charge on any atom is -0.332 e. The largest absolute Gasteiger partial charge is 0.332 e. The van der Waals surface area contributed by atoms with Gasteiger partial charge in [-0.05, 0) is 53.9 Å². The van der Waals surface area contributed by atoms with Gasteiger partial charge in [0.05, 0.1) is 4.90 Å². The minimum absolute atomic E-state index is 0.287. The number of hydrogen-bond acceptors (Lipinski definition) is 6.